The minimum atomic E-state index is 0. The van der Waals surface area contributed by atoms with E-state index in [-0.39, 0.29) is 28.0 Å². The van der Waals surface area contributed by atoms with Crippen LogP contribution in [0.1, 0.15) is 27.7 Å². The van der Waals surface area contributed by atoms with Crippen molar-refractivity contribution in [2.75, 3.05) is 13.1 Å². The van der Waals surface area contributed by atoms with E-state index in [1.54, 1.807) is 26.0 Å². The molecule has 100 valence electrons. The molecule has 5 heteroatoms. The monoisotopic (exact) mass is 282 g/mol. The van der Waals surface area contributed by atoms with Gasteiger partial charge >= 0.3 is 0 Å². The van der Waals surface area contributed by atoms with Gasteiger partial charge in [-0.1, -0.05) is 0 Å². The minimum Gasteiger partial charge on any atom is -0.513 e. The minimum absolute atomic E-state index is 0. The summed E-state index contributed by atoms with van der Waals surface area (Å²) in [6, 6.07) is 0. The fourth-order valence-corrected chi connectivity index (χ4v) is 1.15. The Morgan fingerprint density at radius 3 is 1.35 bits per heavy atom. The van der Waals surface area contributed by atoms with Gasteiger partial charge in [0.05, 0.1) is 24.6 Å². The van der Waals surface area contributed by atoms with E-state index in [0.717, 1.165) is 11.4 Å². The zero-order valence-electron chi connectivity index (χ0n) is 10.7. The van der Waals surface area contributed by atoms with Crippen LogP contribution in [0.3, 0.4) is 0 Å². The third-order valence-corrected chi connectivity index (χ3v) is 1.66. The average Bonchev–Trinajstić information content (AvgIpc) is 2.10. The van der Waals surface area contributed by atoms with Crippen LogP contribution < -0.4 is 0 Å². The van der Waals surface area contributed by atoms with E-state index >= 15 is 0 Å². The summed E-state index contributed by atoms with van der Waals surface area (Å²) in [5.74, 6) is 0.500. The Kier molecular flexibility index (Phi) is 10.9. The van der Waals surface area contributed by atoms with Crippen LogP contribution in [0.5, 0.6) is 0 Å². The maximum absolute atomic E-state index is 8.98. The number of aliphatic hydroxyl groups is 2. The SMILES string of the molecule is CC(O)=CC(C)=NCCN=C(C)C=C(C)O.[Ni]. The van der Waals surface area contributed by atoms with Crippen molar-refractivity contribution in [2.24, 2.45) is 9.98 Å². The zero-order chi connectivity index (χ0) is 12.6. The second-order valence-electron chi connectivity index (χ2n) is 3.62. The van der Waals surface area contributed by atoms with Gasteiger partial charge in [-0.2, -0.15) is 0 Å². The fourth-order valence-electron chi connectivity index (χ4n) is 1.15. The molecule has 4 nitrogen and oxygen atoms in total. The molecule has 0 aromatic rings. The van der Waals surface area contributed by atoms with E-state index in [2.05, 4.69) is 9.98 Å². The van der Waals surface area contributed by atoms with E-state index in [9.17, 15) is 0 Å². The van der Waals surface area contributed by atoms with E-state index < -0.39 is 0 Å². The summed E-state index contributed by atoms with van der Waals surface area (Å²) in [7, 11) is 0. The van der Waals surface area contributed by atoms with E-state index in [1.165, 1.54) is 0 Å². The predicted octanol–water partition coefficient (Wildman–Crippen LogP) is 2.83. The summed E-state index contributed by atoms with van der Waals surface area (Å²) in [6.07, 6.45) is 3.21. The zero-order valence-corrected chi connectivity index (χ0v) is 11.7. The summed E-state index contributed by atoms with van der Waals surface area (Å²) >= 11 is 0. The Morgan fingerprint density at radius 2 is 1.12 bits per heavy atom. The van der Waals surface area contributed by atoms with Crippen molar-refractivity contribution < 1.29 is 26.7 Å². The molecule has 0 spiro atoms. The molecule has 0 unspecified atom stereocenters. The molecule has 0 saturated heterocycles. The van der Waals surface area contributed by atoms with Gasteiger partial charge in [-0.15, -0.1) is 0 Å². The van der Waals surface area contributed by atoms with Gasteiger partial charge in [-0.05, 0) is 39.8 Å². The number of nitrogens with zero attached hydrogens (tertiary/aromatic N) is 2. The molecule has 17 heavy (non-hydrogen) atoms. The van der Waals surface area contributed by atoms with Gasteiger partial charge in [0.25, 0.3) is 0 Å². The van der Waals surface area contributed by atoms with Crippen LogP contribution in [-0.2, 0) is 16.5 Å². The van der Waals surface area contributed by atoms with E-state index in [0.29, 0.717) is 13.1 Å². The summed E-state index contributed by atoms with van der Waals surface area (Å²) in [5.41, 5.74) is 1.56. The number of rotatable bonds is 5. The number of hydrogen-bond donors (Lipinski definition) is 2. The molecule has 0 fully saturated rings. The molecule has 0 aliphatic heterocycles. The van der Waals surface area contributed by atoms with Gasteiger partial charge in [-0.25, -0.2) is 0 Å². The maximum atomic E-state index is 8.98. The molecule has 0 saturated carbocycles. The maximum Gasteiger partial charge on any atom is 0.0909 e. The molecule has 0 amide bonds. The third-order valence-electron chi connectivity index (χ3n) is 1.66. The Hall–Kier alpha value is -1.09. The fraction of sp³-hybridized carbons (Fsp3) is 0.500. The topological polar surface area (TPSA) is 65.2 Å². The van der Waals surface area contributed by atoms with Crippen molar-refractivity contribution in [3.05, 3.63) is 23.7 Å². The molecule has 2 N–H and O–H groups in total. The Labute approximate surface area is 113 Å². The average molecular weight is 283 g/mol. The van der Waals surface area contributed by atoms with Crippen molar-refractivity contribution in [3.8, 4) is 0 Å². The smallest absolute Gasteiger partial charge is 0.0909 e. The van der Waals surface area contributed by atoms with Gasteiger partial charge in [-0.3, -0.25) is 9.98 Å². The van der Waals surface area contributed by atoms with Gasteiger partial charge < -0.3 is 10.2 Å². The van der Waals surface area contributed by atoms with Crippen LogP contribution in [0, 0.1) is 0 Å². The molecule has 0 aromatic heterocycles. The van der Waals surface area contributed by atoms with Gasteiger partial charge in [0.1, 0.15) is 0 Å². The second kappa shape index (κ2) is 10.1. The summed E-state index contributed by atoms with van der Waals surface area (Å²) < 4.78 is 0. The first-order chi connectivity index (χ1) is 7.41. The van der Waals surface area contributed by atoms with Crippen LogP contribution in [-0.4, -0.2) is 34.7 Å². The predicted molar refractivity (Wildman–Crippen MR) is 68.7 cm³/mol. The van der Waals surface area contributed by atoms with Crippen LogP contribution in [0.15, 0.2) is 33.7 Å². The molecular weight excluding hydrogens is 263 g/mol. The molecule has 0 aliphatic carbocycles. The van der Waals surface area contributed by atoms with E-state index in [1.807, 2.05) is 13.8 Å². The molecule has 0 aromatic carbocycles. The first kappa shape index (κ1) is 18.3. The second-order valence-corrected chi connectivity index (χ2v) is 3.62. The number of aliphatic imine (C=N–C) groups is 2. The molecule has 0 bridgehead atoms. The van der Waals surface area contributed by atoms with Crippen LogP contribution >= 0.6 is 0 Å². The van der Waals surface area contributed by atoms with Crippen LogP contribution in [0.25, 0.3) is 0 Å². The number of aliphatic hydroxyl groups excluding tert-OH is 2. The van der Waals surface area contributed by atoms with Crippen molar-refractivity contribution in [2.45, 2.75) is 27.7 Å². The molecule has 0 rings (SSSR count). The van der Waals surface area contributed by atoms with E-state index in [4.69, 9.17) is 10.2 Å². The van der Waals surface area contributed by atoms with Crippen molar-refractivity contribution in [1.82, 2.24) is 0 Å². The van der Waals surface area contributed by atoms with Crippen molar-refractivity contribution in [3.63, 3.8) is 0 Å². The molecule has 0 atom stereocenters. The van der Waals surface area contributed by atoms with Gasteiger partial charge in [0.15, 0.2) is 0 Å². The Bertz CT molecular complexity index is 302. The summed E-state index contributed by atoms with van der Waals surface area (Å²) in [4.78, 5) is 8.41. The normalized spacial score (nSPS) is 14.6. The van der Waals surface area contributed by atoms with Gasteiger partial charge in [0, 0.05) is 27.9 Å². The number of hydrogen-bond acceptors (Lipinski definition) is 4. The van der Waals surface area contributed by atoms with Crippen LogP contribution in [0.4, 0.5) is 0 Å². The van der Waals surface area contributed by atoms with Gasteiger partial charge in [0.2, 0.25) is 0 Å². The van der Waals surface area contributed by atoms with Crippen molar-refractivity contribution >= 4 is 11.4 Å². The number of allylic oxidation sites excluding steroid dienone is 4. The third kappa shape index (κ3) is 12.8. The Morgan fingerprint density at radius 1 is 0.824 bits per heavy atom. The first-order valence-electron chi connectivity index (χ1n) is 5.18. The molecule has 0 aliphatic rings. The summed E-state index contributed by atoms with van der Waals surface area (Å²) in [6.45, 7) is 8.02. The standard InChI is InChI=1S/C12H20N2O2.Ni/c1-9(7-11(3)15)13-5-6-14-10(2)8-12(4)16;/h7-8,15-16H,5-6H2,1-4H3;. The van der Waals surface area contributed by atoms with Crippen molar-refractivity contribution in [1.29, 1.82) is 0 Å². The summed E-state index contributed by atoms with van der Waals surface area (Å²) in [5, 5.41) is 18.0. The molecule has 0 radical (unpaired) electrons. The molecule has 0 heterocycles. The van der Waals surface area contributed by atoms with Crippen LogP contribution in [0.2, 0.25) is 0 Å². The first-order valence-corrected chi connectivity index (χ1v) is 5.18. The largest absolute Gasteiger partial charge is 0.513 e. The Balaban J connectivity index is 0. The molecular formula is C12H20N2NiO2. The quantitative estimate of drug-likeness (QED) is 0.352.